The molecule has 0 spiro atoms. The fraction of sp³-hybridized carbons (Fsp3) is 0.292. The molecule has 1 aliphatic rings. The third kappa shape index (κ3) is 7.12. The molecule has 1 aliphatic heterocycles. The summed E-state index contributed by atoms with van der Waals surface area (Å²) in [4.78, 5) is 62.1. The first-order chi connectivity index (χ1) is 16.4. The molecule has 2 aromatic rings. The zero-order chi connectivity index (χ0) is 25.8. The molecule has 0 saturated heterocycles. The van der Waals surface area contributed by atoms with Crippen LogP contribution in [0.3, 0.4) is 0 Å². The van der Waals surface area contributed by atoms with E-state index in [9.17, 15) is 24.0 Å². The van der Waals surface area contributed by atoms with Crippen molar-refractivity contribution in [1.82, 2.24) is 15.5 Å². The molecule has 11 heteroatoms. The summed E-state index contributed by atoms with van der Waals surface area (Å²) in [6.07, 6.45) is -0.699. The van der Waals surface area contributed by atoms with Crippen molar-refractivity contribution in [1.29, 1.82) is 0 Å². The van der Waals surface area contributed by atoms with Crippen LogP contribution in [0.25, 0.3) is 0 Å². The monoisotopic (exact) mass is 544 g/mol. The third-order valence-electron chi connectivity index (χ3n) is 4.73. The van der Waals surface area contributed by atoms with Crippen LogP contribution in [0.5, 0.6) is 0 Å². The SMILES string of the molecule is CC(C)(C)OC(=O)NCC(=O)Nc1cccc(CNC(=O)CN2C(=O)c3ccc(Br)cc3C2=O)c1. The standard InChI is InChI=1S/C24H25BrN4O6/c1-24(2,3)35-23(34)27-12-19(30)28-16-6-4-5-14(9-16)11-26-20(31)13-29-21(32)17-8-7-15(25)10-18(17)22(29)33/h4-10H,11-13H2,1-3H3,(H,26,31)(H,27,34)(H,28,30). The lowest BCUT2D eigenvalue weighted by Crippen LogP contribution is -2.40. The van der Waals surface area contributed by atoms with Gasteiger partial charge in [-0.15, -0.1) is 0 Å². The number of anilines is 1. The molecule has 0 aliphatic carbocycles. The van der Waals surface area contributed by atoms with Gasteiger partial charge in [0.15, 0.2) is 0 Å². The number of alkyl carbamates (subject to hydrolysis) is 1. The molecule has 3 N–H and O–H groups in total. The Morgan fingerprint density at radius 3 is 2.37 bits per heavy atom. The molecule has 5 amide bonds. The Bertz CT molecular complexity index is 1190. The fourth-order valence-electron chi connectivity index (χ4n) is 3.24. The normalized spacial score (nSPS) is 12.7. The molecule has 3 rings (SSSR count). The van der Waals surface area contributed by atoms with Gasteiger partial charge in [0, 0.05) is 16.7 Å². The summed E-state index contributed by atoms with van der Waals surface area (Å²) in [7, 11) is 0. The van der Waals surface area contributed by atoms with Crippen molar-refractivity contribution in [2.45, 2.75) is 32.9 Å². The molecule has 10 nitrogen and oxygen atoms in total. The lowest BCUT2D eigenvalue weighted by atomic mass is 10.1. The number of amides is 5. The summed E-state index contributed by atoms with van der Waals surface area (Å²) < 4.78 is 5.74. The number of nitrogens with one attached hydrogen (secondary N) is 3. The van der Waals surface area contributed by atoms with Gasteiger partial charge in [0.1, 0.15) is 18.7 Å². The minimum Gasteiger partial charge on any atom is -0.444 e. The second-order valence-corrected chi connectivity index (χ2v) is 9.68. The van der Waals surface area contributed by atoms with Crippen LogP contribution < -0.4 is 16.0 Å². The zero-order valence-electron chi connectivity index (χ0n) is 19.4. The number of hydrogen-bond acceptors (Lipinski definition) is 6. The first-order valence-electron chi connectivity index (χ1n) is 10.7. The number of halogens is 1. The summed E-state index contributed by atoms with van der Waals surface area (Å²) in [5, 5.41) is 7.69. The van der Waals surface area contributed by atoms with Gasteiger partial charge in [-0.25, -0.2) is 4.79 Å². The minimum absolute atomic E-state index is 0.118. The van der Waals surface area contributed by atoms with Crippen LogP contribution in [0, 0.1) is 0 Å². The van der Waals surface area contributed by atoms with Crippen LogP contribution >= 0.6 is 15.9 Å². The molecule has 0 radical (unpaired) electrons. The molecule has 1 heterocycles. The van der Waals surface area contributed by atoms with Crippen molar-refractivity contribution in [2.24, 2.45) is 0 Å². The highest BCUT2D eigenvalue weighted by Crippen LogP contribution is 2.25. The average molecular weight is 545 g/mol. The van der Waals surface area contributed by atoms with E-state index in [1.165, 1.54) is 0 Å². The Morgan fingerprint density at radius 1 is 0.943 bits per heavy atom. The minimum atomic E-state index is -0.699. The Labute approximate surface area is 210 Å². The van der Waals surface area contributed by atoms with Crippen molar-refractivity contribution in [2.75, 3.05) is 18.4 Å². The molecule has 0 fully saturated rings. The predicted octanol–water partition coefficient (Wildman–Crippen LogP) is 2.82. The van der Waals surface area contributed by atoms with Crippen molar-refractivity contribution < 1.29 is 28.7 Å². The van der Waals surface area contributed by atoms with Crippen molar-refractivity contribution in [3.8, 4) is 0 Å². The highest BCUT2D eigenvalue weighted by atomic mass is 79.9. The Morgan fingerprint density at radius 2 is 1.66 bits per heavy atom. The highest BCUT2D eigenvalue weighted by molar-refractivity contribution is 9.10. The maximum absolute atomic E-state index is 12.5. The number of hydrogen-bond donors (Lipinski definition) is 3. The van der Waals surface area contributed by atoms with E-state index in [2.05, 4.69) is 31.9 Å². The van der Waals surface area contributed by atoms with E-state index in [1.807, 2.05) is 0 Å². The van der Waals surface area contributed by atoms with E-state index in [1.54, 1.807) is 63.2 Å². The maximum atomic E-state index is 12.5. The highest BCUT2D eigenvalue weighted by Gasteiger charge is 2.36. The van der Waals surface area contributed by atoms with Crippen molar-refractivity contribution in [3.63, 3.8) is 0 Å². The smallest absolute Gasteiger partial charge is 0.408 e. The van der Waals surface area contributed by atoms with Gasteiger partial charge >= 0.3 is 6.09 Å². The van der Waals surface area contributed by atoms with Gasteiger partial charge in [-0.1, -0.05) is 28.1 Å². The van der Waals surface area contributed by atoms with Gasteiger partial charge in [-0.3, -0.25) is 24.1 Å². The molecule has 2 aromatic carbocycles. The van der Waals surface area contributed by atoms with E-state index < -0.39 is 41.9 Å². The number of carbonyl (C=O) groups excluding carboxylic acids is 5. The van der Waals surface area contributed by atoms with Crippen LogP contribution in [0.4, 0.5) is 10.5 Å². The first-order valence-corrected chi connectivity index (χ1v) is 11.5. The summed E-state index contributed by atoms with van der Waals surface area (Å²) in [6.45, 7) is 4.60. The Kier molecular flexibility index (Phi) is 7.90. The number of rotatable bonds is 7. The van der Waals surface area contributed by atoms with Gasteiger partial charge in [-0.2, -0.15) is 0 Å². The number of carbonyl (C=O) groups is 5. The molecule has 0 atom stereocenters. The van der Waals surface area contributed by atoms with Gasteiger partial charge in [0.25, 0.3) is 11.8 Å². The quantitative estimate of drug-likeness (QED) is 0.459. The van der Waals surface area contributed by atoms with Crippen LogP contribution in [0.2, 0.25) is 0 Å². The maximum Gasteiger partial charge on any atom is 0.408 e. The lowest BCUT2D eigenvalue weighted by Gasteiger charge is -2.19. The Hall–Kier alpha value is -3.73. The topological polar surface area (TPSA) is 134 Å². The molecule has 0 bridgehead atoms. The van der Waals surface area contributed by atoms with Crippen LogP contribution in [-0.2, 0) is 20.9 Å². The van der Waals surface area contributed by atoms with E-state index >= 15 is 0 Å². The average Bonchev–Trinajstić information content (AvgIpc) is 2.99. The number of imide groups is 1. The molecule has 35 heavy (non-hydrogen) atoms. The van der Waals surface area contributed by atoms with E-state index in [0.29, 0.717) is 15.7 Å². The van der Waals surface area contributed by atoms with Gasteiger partial charge in [-0.05, 0) is 56.7 Å². The second kappa shape index (κ2) is 10.7. The number of benzene rings is 2. The van der Waals surface area contributed by atoms with Crippen molar-refractivity contribution >= 4 is 51.3 Å². The summed E-state index contributed by atoms with van der Waals surface area (Å²) in [5.74, 6) is -1.99. The van der Waals surface area contributed by atoms with Crippen molar-refractivity contribution in [3.05, 3.63) is 63.6 Å². The largest absolute Gasteiger partial charge is 0.444 e. The number of ether oxygens (including phenoxy) is 1. The number of nitrogens with zero attached hydrogens (tertiary/aromatic N) is 1. The molecule has 184 valence electrons. The predicted molar refractivity (Wildman–Crippen MR) is 131 cm³/mol. The van der Waals surface area contributed by atoms with Gasteiger partial charge in [0.2, 0.25) is 11.8 Å². The fourth-order valence-corrected chi connectivity index (χ4v) is 3.60. The molecular formula is C24H25BrN4O6. The second-order valence-electron chi connectivity index (χ2n) is 8.77. The first kappa shape index (κ1) is 25.9. The zero-order valence-corrected chi connectivity index (χ0v) is 21.0. The van der Waals surface area contributed by atoms with E-state index in [4.69, 9.17) is 4.74 Å². The van der Waals surface area contributed by atoms with Crippen LogP contribution in [-0.4, -0.2) is 53.3 Å². The molecule has 0 saturated carbocycles. The van der Waals surface area contributed by atoms with E-state index in [0.717, 1.165) is 4.90 Å². The van der Waals surface area contributed by atoms with Crippen LogP contribution in [0.1, 0.15) is 47.1 Å². The summed E-state index contributed by atoms with van der Waals surface area (Å²) in [5.41, 5.74) is 0.995. The lowest BCUT2D eigenvalue weighted by molar-refractivity contribution is -0.121. The molecular weight excluding hydrogens is 520 g/mol. The molecule has 0 aromatic heterocycles. The molecule has 0 unspecified atom stereocenters. The van der Waals surface area contributed by atoms with E-state index in [-0.39, 0.29) is 24.2 Å². The number of fused-ring (bicyclic) bond motifs is 1. The van der Waals surface area contributed by atoms with Gasteiger partial charge < -0.3 is 20.7 Å². The summed E-state index contributed by atoms with van der Waals surface area (Å²) in [6, 6.07) is 11.5. The Balaban J connectivity index is 1.49. The van der Waals surface area contributed by atoms with Crippen LogP contribution in [0.15, 0.2) is 46.9 Å². The third-order valence-corrected chi connectivity index (χ3v) is 5.22. The summed E-state index contributed by atoms with van der Waals surface area (Å²) >= 11 is 3.27. The van der Waals surface area contributed by atoms with Gasteiger partial charge in [0.05, 0.1) is 11.1 Å².